The minimum atomic E-state index is 0.0538. The summed E-state index contributed by atoms with van der Waals surface area (Å²) < 4.78 is 0. The second-order valence-corrected chi connectivity index (χ2v) is 4.02. The van der Waals surface area contributed by atoms with Crippen LogP contribution in [-0.2, 0) is 4.79 Å². The van der Waals surface area contributed by atoms with E-state index >= 15 is 0 Å². The van der Waals surface area contributed by atoms with Gasteiger partial charge in [-0.1, -0.05) is 19.4 Å². The highest BCUT2D eigenvalue weighted by Crippen LogP contribution is 2.16. The van der Waals surface area contributed by atoms with E-state index < -0.39 is 0 Å². The van der Waals surface area contributed by atoms with Gasteiger partial charge in [-0.05, 0) is 25.7 Å². The van der Waals surface area contributed by atoms with E-state index in [2.05, 4.69) is 13.5 Å². The third kappa shape index (κ3) is 2.86. The highest BCUT2D eigenvalue weighted by molar-refractivity contribution is 5.80. The number of amides is 1. The lowest BCUT2D eigenvalue weighted by molar-refractivity contribution is -0.135. The van der Waals surface area contributed by atoms with E-state index in [0.717, 1.165) is 25.9 Å². The molecule has 1 saturated heterocycles. The van der Waals surface area contributed by atoms with Crippen molar-refractivity contribution in [1.29, 1.82) is 0 Å². The van der Waals surface area contributed by atoms with Crippen molar-refractivity contribution in [2.45, 2.75) is 39.0 Å². The molecule has 0 aromatic rings. The quantitative estimate of drug-likeness (QED) is 0.631. The van der Waals surface area contributed by atoms with Gasteiger partial charge in [0.25, 0.3) is 0 Å². The second kappa shape index (κ2) is 5.84. The second-order valence-electron chi connectivity index (χ2n) is 4.02. The molecule has 1 amide bonds. The number of nitrogens with zero attached hydrogens (tertiary/aromatic N) is 1. The number of rotatable bonds is 4. The summed E-state index contributed by atoms with van der Waals surface area (Å²) in [6, 6.07) is 0. The zero-order valence-corrected chi connectivity index (χ0v) is 9.17. The summed E-state index contributed by atoms with van der Waals surface area (Å²) in [5.74, 6) is 0.347. The van der Waals surface area contributed by atoms with Crippen LogP contribution in [0.25, 0.3) is 0 Å². The fourth-order valence-electron chi connectivity index (χ4n) is 2.00. The van der Waals surface area contributed by atoms with Crippen molar-refractivity contribution in [3.05, 3.63) is 12.7 Å². The molecule has 1 aliphatic rings. The van der Waals surface area contributed by atoms with E-state index in [-0.39, 0.29) is 5.92 Å². The first-order chi connectivity index (χ1) is 6.79. The van der Waals surface area contributed by atoms with Crippen molar-refractivity contribution in [3.8, 4) is 0 Å². The Kier molecular flexibility index (Phi) is 4.71. The third-order valence-corrected chi connectivity index (χ3v) is 2.87. The van der Waals surface area contributed by atoms with E-state index in [1.165, 1.54) is 19.3 Å². The van der Waals surface area contributed by atoms with Crippen LogP contribution in [0.4, 0.5) is 0 Å². The maximum absolute atomic E-state index is 12.0. The largest absolute Gasteiger partial charge is 0.342 e. The van der Waals surface area contributed by atoms with Gasteiger partial charge in [-0.3, -0.25) is 4.79 Å². The average molecular weight is 195 g/mol. The zero-order chi connectivity index (χ0) is 10.4. The fourth-order valence-corrected chi connectivity index (χ4v) is 2.00. The Labute approximate surface area is 87.0 Å². The van der Waals surface area contributed by atoms with Gasteiger partial charge in [0.15, 0.2) is 0 Å². The lowest BCUT2D eigenvalue weighted by atomic mass is 10.0. The number of carbonyl (C=O) groups excluding carboxylic acids is 1. The zero-order valence-electron chi connectivity index (χ0n) is 9.17. The van der Waals surface area contributed by atoms with Gasteiger partial charge in [0.05, 0.1) is 5.92 Å². The lowest BCUT2D eigenvalue weighted by Crippen LogP contribution is -2.39. The molecule has 0 saturated carbocycles. The highest BCUT2D eigenvalue weighted by atomic mass is 16.2. The van der Waals surface area contributed by atoms with Crippen molar-refractivity contribution in [2.75, 3.05) is 13.1 Å². The van der Waals surface area contributed by atoms with Crippen LogP contribution in [0.2, 0.25) is 0 Å². The predicted octanol–water partition coefficient (Wildman–Crippen LogP) is 2.60. The molecule has 0 aromatic heterocycles. The van der Waals surface area contributed by atoms with Gasteiger partial charge in [0.1, 0.15) is 0 Å². The molecule has 0 radical (unpaired) electrons. The van der Waals surface area contributed by atoms with Crippen LogP contribution in [0.5, 0.6) is 0 Å². The Bertz CT molecular complexity index is 194. The van der Waals surface area contributed by atoms with E-state index in [1.54, 1.807) is 6.08 Å². The van der Waals surface area contributed by atoms with Crippen molar-refractivity contribution < 1.29 is 4.79 Å². The molecule has 0 aromatic carbocycles. The number of piperidine rings is 1. The molecule has 1 atom stereocenters. The standard InChI is InChI=1S/C12H21NO/c1-3-8-11(4-2)12(14)13-9-6-5-7-10-13/h4,11H,2-3,5-10H2,1H3. The first kappa shape index (κ1) is 11.3. The molecule has 80 valence electrons. The Hall–Kier alpha value is -0.790. The van der Waals surface area contributed by atoms with Crippen LogP contribution in [0.3, 0.4) is 0 Å². The van der Waals surface area contributed by atoms with Crippen LogP contribution in [-0.4, -0.2) is 23.9 Å². The Morgan fingerprint density at radius 3 is 2.57 bits per heavy atom. The van der Waals surface area contributed by atoms with Gasteiger partial charge >= 0.3 is 0 Å². The predicted molar refractivity (Wildman–Crippen MR) is 59.0 cm³/mol. The van der Waals surface area contributed by atoms with Gasteiger partial charge in [-0.15, -0.1) is 6.58 Å². The molecule has 1 unspecified atom stereocenters. The number of likely N-dealkylation sites (tertiary alicyclic amines) is 1. The summed E-state index contributed by atoms with van der Waals surface area (Å²) >= 11 is 0. The molecule has 0 N–H and O–H groups in total. The van der Waals surface area contributed by atoms with Crippen molar-refractivity contribution in [1.82, 2.24) is 4.90 Å². The number of hydrogen-bond donors (Lipinski definition) is 0. The molecule has 1 aliphatic heterocycles. The summed E-state index contributed by atoms with van der Waals surface area (Å²) in [7, 11) is 0. The van der Waals surface area contributed by atoms with Crippen molar-refractivity contribution in [2.24, 2.45) is 5.92 Å². The van der Waals surface area contributed by atoms with Gasteiger partial charge in [-0.2, -0.15) is 0 Å². The topological polar surface area (TPSA) is 20.3 Å². The molecular formula is C12H21NO. The maximum atomic E-state index is 12.0. The Morgan fingerprint density at radius 1 is 1.43 bits per heavy atom. The smallest absolute Gasteiger partial charge is 0.229 e. The monoisotopic (exact) mass is 195 g/mol. The molecule has 2 nitrogen and oxygen atoms in total. The molecule has 0 bridgehead atoms. The molecule has 2 heteroatoms. The minimum absolute atomic E-state index is 0.0538. The Balaban J connectivity index is 2.47. The van der Waals surface area contributed by atoms with E-state index in [0.29, 0.717) is 5.91 Å². The van der Waals surface area contributed by atoms with E-state index in [1.807, 2.05) is 4.90 Å². The van der Waals surface area contributed by atoms with Crippen molar-refractivity contribution in [3.63, 3.8) is 0 Å². The van der Waals surface area contributed by atoms with Crippen LogP contribution in [0, 0.1) is 5.92 Å². The molecule has 14 heavy (non-hydrogen) atoms. The van der Waals surface area contributed by atoms with Crippen LogP contribution in [0.15, 0.2) is 12.7 Å². The normalized spacial score (nSPS) is 19.1. The summed E-state index contributed by atoms with van der Waals surface area (Å²) in [4.78, 5) is 14.0. The molecule has 0 aliphatic carbocycles. The van der Waals surface area contributed by atoms with Gasteiger partial charge in [0.2, 0.25) is 5.91 Å². The third-order valence-electron chi connectivity index (χ3n) is 2.87. The van der Waals surface area contributed by atoms with Gasteiger partial charge in [-0.25, -0.2) is 0 Å². The molecule has 1 rings (SSSR count). The lowest BCUT2D eigenvalue weighted by Gasteiger charge is -2.29. The fraction of sp³-hybridized carbons (Fsp3) is 0.750. The molecular weight excluding hydrogens is 174 g/mol. The summed E-state index contributed by atoms with van der Waals surface area (Å²) in [6.07, 6.45) is 7.41. The Morgan fingerprint density at radius 2 is 2.07 bits per heavy atom. The van der Waals surface area contributed by atoms with Gasteiger partial charge in [0, 0.05) is 13.1 Å². The number of carbonyl (C=O) groups is 1. The van der Waals surface area contributed by atoms with Crippen LogP contribution >= 0.6 is 0 Å². The van der Waals surface area contributed by atoms with Crippen LogP contribution < -0.4 is 0 Å². The summed E-state index contributed by atoms with van der Waals surface area (Å²) in [5.41, 5.74) is 0. The number of hydrogen-bond acceptors (Lipinski definition) is 1. The summed E-state index contributed by atoms with van der Waals surface area (Å²) in [5, 5.41) is 0. The molecule has 0 spiro atoms. The minimum Gasteiger partial charge on any atom is -0.342 e. The molecule has 1 heterocycles. The first-order valence-electron chi connectivity index (χ1n) is 5.71. The van der Waals surface area contributed by atoms with E-state index in [9.17, 15) is 4.79 Å². The SMILES string of the molecule is C=CC(CCC)C(=O)N1CCCCC1. The highest BCUT2D eigenvalue weighted by Gasteiger charge is 2.22. The summed E-state index contributed by atoms with van der Waals surface area (Å²) in [6.45, 7) is 7.76. The average Bonchev–Trinajstić information content (AvgIpc) is 2.26. The maximum Gasteiger partial charge on any atom is 0.229 e. The molecule has 1 fully saturated rings. The van der Waals surface area contributed by atoms with E-state index in [4.69, 9.17) is 0 Å². The van der Waals surface area contributed by atoms with Crippen LogP contribution in [0.1, 0.15) is 39.0 Å². The van der Waals surface area contributed by atoms with Crippen molar-refractivity contribution >= 4 is 5.91 Å². The first-order valence-corrected chi connectivity index (χ1v) is 5.71. The van der Waals surface area contributed by atoms with Gasteiger partial charge < -0.3 is 4.90 Å².